The SMILES string of the molecule is C[C@@H]1CN(S(=O)(=O)c2ccc(C(=O)Nc3nnc(-c4ccno4)o3)cc2)C[C@H](C)O1. The number of nitrogens with one attached hydrogen (secondary N) is 1. The van der Waals surface area contributed by atoms with E-state index in [1.165, 1.54) is 40.8 Å². The van der Waals surface area contributed by atoms with Crippen molar-refractivity contribution in [3.63, 3.8) is 0 Å². The van der Waals surface area contributed by atoms with Gasteiger partial charge in [-0.25, -0.2) is 8.42 Å². The maximum Gasteiger partial charge on any atom is 0.322 e. The molecule has 3 heterocycles. The number of sulfonamides is 1. The van der Waals surface area contributed by atoms with Crippen molar-refractivity contribution >= 4 is 21.9 Å². The van der Waals surface area contributed by atoms with E-state index < -0.39 is 15.9 Å². The van der Waals surface area contributed by atoms with E-state index in [9.17, 15) is 13.2 Å². The Hall–Kier alpha value is -3.09. The molecule has 0 aliphatic carbocycles. The van der Waals surface area contributed by atoms with Crippen LogP contribution in [0.4, 0.5) is 6.01 Å². The number of aromatic nitrogens is 3. The molecule has 2 atom stereocenters. The van der Waals surface area contributed by atoms with Crippen molar-refractivity contribution in [1.29, 1.82) is 0 Å². The average Bonchev–Trinajstić information content (AvgIpc) is 3.39. The summed E-state index contributed by atoms with van der Waals surface area (Å²) in [6, 6.07) is 7.03. The lowest BCUT2D eigenvalue weighted by molar-refractivity contribution is -0.0440. The van der Waals surface area contributed by atoms with Crippen LogP contribution < -0.4 is 5.32 Å². The molecule has 30 heavy (non-hydrogen) atoms. The number of rotatable bonds is 5. The highest BCUT2D eigenvalue weighted by Gasteiger charge is 2.32. The highest BCUT2D eigenvalue weighted by molar-refractivity contribution is 7.89. The van der Waals surface area contributed by atoms with Crippen LogP contribution in [-0.4, -0.2) is 59.3 Å². The molecule has 1 saturated heterocycles. The van der Waals surface area contributed by atoms with Crippen LogP contribution in [0.15, 0.2) is 50.4 Å². The summed E-state index contributed by atoms with van der Waals surface area (Å²) < 4.78 is 43.0. The Balaban J connectivity index is 1.46. The molecule has 4 rings (SSSR count). The predicted molar refractivity (Wildman–Crippen MR) is 103 cm³/mol. The number of nitrogens with zero attached hydrogens (tertiary/aromatic N) is 4. The largest absolute Gasteiger partial charge is 0.400 e. The molecule has 0 saturated carbocycles. The van der Waals surface area contributed by atoms with Crippen molar-refractivity contribution in [2.24, 2.45) is 0 Å². The van der Waals surface area contributed by atoms with Gasteiger partial charge in [0.1, 0.15) is 0 Å². The maximum absolute atomic E-state index is 12.9. The van der Waals surface area contributed by atoms with E-state index in [2.05, 4.69) is 20.7 Å². The summed E-state index contributed by atoms with van der Waals surface area (Å²) >= 11 is 0. The first kappa shape index (κ1) is 20.2. The number of amides is 1. The van der Waals surface area contributed by atoms with Crippen molar-refractivity contribution in [3.05, 3.63) is 42.1 Å². The van der Waals surface area contributed by atoms with Gasteiger partial charge in [-0.3, -0.25) is 10.1 Å². The number of benzene rings is 1. The summed E-state index contributed by atoms with van der Waals surface area (Å²) in [6.07, 6.45) is 1.04. The third-order valence-electron chi connectivity index (χ3n) is 4.43. The molecular weight excluding hydrogens is 414 g/mol. The zero-order chi connectivity index (χ0) is 21.3. The molecule has 0 spiro atoms. The Morgan fingerprint density at radius 2 is 1.80 bits per heavy atom. The Kier molecular flexibility index (Phi) is 5.37. The Bertz CT molecular complexity index is 1120. The minimum absolute atomic E-state index is 0.0678. The van der Waals surface area contributed by atoms with Gasteiger partial charge in [0.15, 0.2) is 0 Å². The van der Waals surface area contributed by atoms with Crippen LogP contribution in [0.2, 0.25) is 0 Å². The maximum atomic E-state index is 12.9. The van der Waals surface area contributed by atoms with E-state index in [-0.39, 0.29) is 53.4 Å². The van der Waals surface area contributed by atoms with Crippen LogP contribution >= 0.6 is 0 Å². The van der Waals surface area contributed by atoms with Gasteiger partial charge in [-0.05, 0) is 38.1 Å². The van der Waals surface area contributed by atoms with Gasteiger partial charge < -0.3 is 13.7 Å². The fraction of sp³-hybridized carbons (Fsp3) is 0.333. The molecular formula is C18H19N5O6S. The number of hydrogen-bond acceptors (Lipinski definition) is 9. The highest BCUT2D eigenvalue weighted by Crippen LogP contribution is 2.22. The molecule has 1 aromatic carbocycles. The highest BCUT2D eigenvalue weighted by atomic mass is 32.2. The number of carbonyl (C=O) groups is 1. The monoisotopic (exact) mass is 433 g/mol. The lowest BCUT2D eigenvalue weighted by Gasteiger charge is -2.34. The number of anilines is 1. The number of ether oxygens (including phenoxy) is 1. The quantitative estimate of drug-likeness (QED) is 0.637. The summed E-state index contributed by atoms with van der Waals surface area (Å²) in [5.74, 6) is -0.192. The standard InChI is InChI=1S/C18H19N5O6S/c1-11-9-23(10-12(2)27-11)30(25,26)14-5-3-13(4-6-14)16(24)20-18-22-21-17(28-18)15-7-8-19-29-15/h3-8,11-12H,9-10H2,1-2H3,(H,20,22,24)/t11-,12+. The molecule has 11 nitrogen and oxygen atoms in total. The summed E-state index contributed by atoms with van der Waals surface area (Å²) in [5.41, 5.74) is 0.233. The molecule has 1 N–H and O–H groups in total. The van der Waals surface area contributed by atoms with Crippen LogP contribution in [0, 0.1) is 0 Å². The second-order valence-electron chi connectivity index (χ2n) is 6.85. The second kappa shape index (κ2) is 7.97. The van der Waals surface area contributed by atoms with Crippen LogP contribution in [-0.2, 0) is 14.8 Å². The zero-order valence-electron chi connectivity index (χ0n) is 16.2. The van der Waals surface area contributed by atoms with Crippen molar-refractivity contribution < 1.29 is 26.9 Å². The van der Waals surface area contributed by atoms with Crippen molar-refractivity contribution in [2.45, 2.75) is 31.0 Å². The Morgan fingerprint density at radius 1 is 1.10 bits per heavy atom. The Morgan fingerprint density at radius 3 is 2.43 bits per heavy atom. The molecule has 1 amide bonds. The van der Waals surface area contributed by atoms with Gasteiger partial charge in [0.05, 0.1) is 23.3 Å². The molecule has 0 unspecified atom stereocenters. The van der Waals surface area contributed by atoms with Crippen molar-refractivity contribution in [1.82, 2.24) is 19.7 Å². The van der Waals surface area contributed by atoms with E-state index in [1.807, 2.05) is 13.8 Å². The normalized spacial score (nSPS) is 20.2. The molecule has 2 aromatic heterocycles. The lowest BCUT2D eigenvalue weighted by Crippen LogP contribution is -2.48. The van der Waals surface area contributed by atoms with E-state index >= 15 is 0 Å². The molecule has 1 aliphatic rings. The first-order valence-electron chi connectivity index (χ1n) is 9.14. The van der Waals surface area contributed by atoms with Gasteiger partial charge in [0, 0.05) is 24.7 Å². The van der Waals surface area contributed by atoms with Crippen LogP contribution in [0.5, 0.6) is 0 Å². The van der Waals surface area contributed by atoms with Crippen molar-refractivity contribution in [3.8, 4) is 11.7 Å². The smallest absolute Gasteiger partial charge is 0.322 e. The molecule has 0 bridgehead atoms. The third kappa shape index (κ3) is 4.10. The number of morpholine rings is 1. The molecule has 12 heteroatoms. The molecule has 1 fully saturated rings. The fourth-order valence-electron chi connectivity index (χ4n) is 3.12. The first-order chi connectivity index (χ1) is 14.3. The number of hydrogen-bond donors (Lipinski definition) is 1. The summed E-state index contributed by atoms with van der Waals surface area (Å²) in [7, 11) is -3.69. The van der Waals surface area contributed by atoms with E-state index in [0.29, 0.717) is 0 Å². The van der Waals surface area contributed by atoms with Gasteiger partial charge in [0.2, 0.25) is 15.8 Å². The van der Waals surface area contributed by atoms with Crippen LogP contribution in [0.25, 0.3) is 11.7 Å². The predicted octanol–water partition coefficient (Wildman–Crippen LogP) is 1.77. The van der Waals surface area contributed by atoms with Gasteiger partial charge in [-0.2, -0.15) is 4.31 Å². The van der Waals surface area contributed by atoms with E-state index in [4.69, 9.17) is 13.7 Å². The topological polar surface area (TPSA) is 141 Å². The van der Waals surface area contributed by atoms with Crippen LogP contribution in [0.3, 0.4) is 0 Å². The summed E-state index contributed by atoms with van der Waals surface area (Å²) in [6.45, 7) is 4.22. The van der Waals surface area contributed by atoms with E-state index in [0.717, 1.165) is 0 Å². The average molecular weight is 433 g/mol. The Labute approximate surface area is 172 Å². The van der Waals surface area contributed by atoms with Gasteiger partial charge >= 0.3 is 6.01 Å². The molecule has 1 aliphatic heterocycles. The summed E-state index contributed by atoms with van der Waals surface area (Å²) in [4.78, 5) is 12.5. The minimum Gasteiger partial charge on any atom is -0.400 e. The lowest BCUT2D eigenvalue weighted by atomic mass is 10.2. The zero-order valence-corrected chi connectivity index (χ0v) is 17.0. The first-order valence-corrected chi connectivity index (χ1v) is 10.6. The van der Waals surface area contributed by atoms with Crippen LogP contribution in [0.1, 0.15) is 24.2 Å². The molecule has 158 valence electrons. The van der Waals surface area contributed by atoms with Gasteiger partial charge in [-0.15, -0.1) is 5.10 Å². The van der Waals surface area contributed by atoms with Gasteiger partial charge in [0.25, 0.3) is 11.8 Å². The fourth-order valence-corrected chi connectivity index (χ4v) is 4.71. The van der Waals surface area contributed by atoms with Gasteiger partial charge in [-0.1, -0.05) is 10.3 Å². The summed E-state index contributed by atoms with van der Waals surface area (Å²) in [5, 5.41) is 13.5. The molecule has 3 aromatic rings. The van der Waals surface area contributed by atoms with Crippen molar-refractivity contribution in [2.75, 3.05) is 18.4 Å². The third-order valence-corrected chi connectivity index (χ3v) is 6.28. The van der Waals surface area contributed by atoms with E-state index in [1.54, 1.807) is 0 Å². The minimum atomic E-state index is -3.69. The second-order valence-corrected chi connectivity index (χ2v) is 8.78. The number of carbonyl (C=O) groups excluding carboxylic acids is 1. The molecule has 0 radical (unpaired) electrons.